The molecule has 0 spiro atoms. The number of halogens is 1. The number of aromatic amines is 1. The third kappa shape index (κ3) is 2.42. The van der Waals surface area contributed by atoms with Crippen molar-refractivity contribution in [2.75, 3.05) is 0 Å². The first-order chi connectivity index (χ1) is 10.6. The van der Waals surface area contributed by atoms with Gasteiger partial charge >= 0.3 is 0 Å². The predicted octanol–water partition coefficient (Wildman–Crippen LogP) is 2.72. The third-order valence-electron chi connectivity index (χ3n) is 3.08. The van der Waals surface area contributed by atoms with Crippen LogP contribution in [0, 0.1) is 10.6 Å². The SMILES string of the molecule is O=c1[nH]c(=S)n(-c2ccccc2F)c(O)c1/C=C1\C=CC=N1. The van der Waals surface area contributed by atoms with Gasteiger partial charge in [0.25, 0.3) is 5.56 Å². The number of benzene rings is 1. The zero-order valence-electron chi connectivity index (χ0n) is 11.2. The molecule has 2 aromatic rings. The van der Waals surface area contributed by atoms with Gasteiger partial charge in [-0.1, -0.05) is 12.1 Å². The van der Waals surface area contributed by atoms with Crippen LogP contribution >= 0.6 is 12.2 Å². The van der Waals surface area contributed by atoms with E-state index in [1.165, 1.54) is 24.3 Å². The lowest BCUT2D eigenvalue weighted by molar-refractivity contribution is 0.429. The molecule has 1 aliphatic rings. The van der Waals surface area contributed by atoms with Gasteiger partial charge in [0.05, 0.1) is 11.4 Å². The molecule has 7 heteroatoms. The number of aromatic nitrogens is 2. The zero-order valence-corrected chi connectivity index (χ0v) is 12.0. The molecule has 0 atom stereocenters. The smallest absolute Gasteiger partial charge is 0.262 e. The standard InChI is InChI=1S/C15H10FN3O2S/c16-11-5-1-2-6-12(11)19-14(21)10(13(20)18-15(19)22)8-9-4-3-7-17-9/h1-8,21H,(H,18,20,22)/b9-8+. The van der Waals surface area contributed by atoms with Crippen LogP contribution in [0.15, 0.2) is 51.9 Å². The number of aliphatic imine (C=N–C) groups is 1. The van der Waals surface area contributed by atoms with Gasteiger partial charge in [0, 0.05) is 6.21 Å². The molecule has 0 saturated carbocycles. The number of H-pyrrole nitrogens is 1. The van der Waals surface area contributed by atoms with Crippen molar-refractivity contribution in [1.82, 2.24) is 9.55 Å². The predicted molar refractivity (Wildman–Crippen MR) is 84.5 cm³/mol. The summed E-state index contributed by atoms with van der Waals surface area (Å²) in [7, 11) is 0. The van der Waals surface area contributed by atoms with Gasteiger partial charge in [-0.3, -0.25) is 19.3 Å². The highest BCUT2D eigenvalue weighted by atomic mass is 32.1. The first kappa shape index (κ1) is 14.2. The van der Waals surface area contributed by atoms with Crippen molar-refractivity contribution in [3.8, 4) is 11.6 Å². The number of allylic oxidation sites excluding steroid dienone is 2. The van der Waals surface area contributed by atoms with Gasteiger partial charge in [-0.05, 0) is 42.6 Å². The largest absolute Gasteiger partial charge is 0.494 e. The highest BCUT2D eigenvalue weighted by Crippen LogP contribution is 2.23. The molecule has 3 rings (SSSR count). The van der Waals surface area contributed by atoms with Crippen molar-refractivity contribution in [3.63, 3.8) is 0 Å². The van der Waals surface area contributed by atoms with Crippen LogP contribution in [-0.2, 0) is 0 Å². The number of para-hydroxylation sites is 1. The van der Waals surface area contributed by atoms with E-state index >= 15 is 0 Å². The number of aromatic hydroxyl groups is 1. The van der Waals surface area contributed by atoms with E-state index in [0.717, 1.165) is 4.57 Å². The Hall–Kier alpha value is -2.80. The van der Waals surface area contributed by atoms with Crippen LogP contribution in [0.4, 0.5) is 4.39 Å². The van der Waals surface area contributed by atoms with Crippen LogP contribution in [0.25, 0.3) is 11.8 Å². The fourth-order valence-electron chi connectivity index (χ4n) is 2.07. The van der Waals surface area contributed by atoms with Gasteiger partial charge in [-0.2, -0.15) is 0 Å². The molecule has 1 aromatic carbocycles. The van der Waals surface area contributed by atoms with Gasteiger partial charge in [0.15, 0.2) is 4.77 Å². The van der Waals surface area contributed by atoms with E-state index in [1.807, 2.05) is 0 Å². The summed E-state index contributed by atoms with van der Waals surface area (Å²) in [5, 5.41) is 10.4. The minimum atomic E-state index is -0.571. The molecule has 0 bridgehead atoms. The van der Waals surface area contributed by atoms with Crippen LogP contribution in [0.5, 0.6) is 5.88 Å². The van der Waals surface area contributed by atoms with Crippen molar-refractivity contribution in [2.45, 2.75) is 0 Å². The van der Waals surface area contributed by atoms with Crippen molar-refractivity contribution in [2.24, 2.45) is 4.99 Å². The highest BCUT2D eigenvalue weighted by Gasteiger charge is 2.15. The molecule has 1 aliphatic heterocycles. The lowest BCUT2D eigenvalue weighted by Gasteiger charge is -2.12. The van der Waals surface area contributed by atoms with Crippen molar-refractivity contribution >= 4 is 24.5 Å². The highest BCUT2D eigenvalue weighted by molar-refractivity contribution is 7.71. The lowest BCUT2D eigenvalue weighted by Crippen LogP contribution is -2.16. The number of nitrogens with zero attached hydrogens (tertiary/aromatic N) is 2. The van der Waals surface area contributed by atoms with Gasteiger partial charge in [-0.25, -0.2) is 4.39 Å². The molecule has 0 radical (unpaired) electrons. The van der Waals surface area contributed by atoms with E-state index in [-0.39, 0.29) is 16.0 Å². The topological polar surface area (TPSA) is 70.4 Å². The second-order valence-electron chi connectivity index (χ2n) is 4.49. The fourth-order valence-corrected chi connectivity index (χ4v) is 2.35. The molecule has 0 aliphatic carbocycles. The summed E-state index contributed by atoms with van der Waals surface area (Å²) in [5.41, 5.74) is -0.0713. The Bertz CT molecular complexity index is 940. The summed E-state index contributed by atoms with van der Waals surface area (Å²) in [6, 6.07) is 5.82. The maximum absolute atomic E-state index is 14.0. The van der Waals surface area contributed by atoms with E-state index in [4.69, 9.17) is 12.2 Å². The fraction of sp³-hybridized carbons (Fsp3) is 0. The average molecular weight is 315 g/mol. The summed E-state index contributed by atoms with van der Waals surface area (Å²) >= 11 is 5.03. The maximum atomic E-state index is 14.0. The number of hydrogen-bond acceptors (Lipinski definition) is 4. The normalized spacial score (nSPS) is 14.9. The lowest BCUT2D eigenvalue weighted by atomic mass is 10.2. The minimum absolute atomic E-state index is 0.0458. The molecular formula is C15H10FN3O2S. The Morgan fingerprint density at radius 2 is 2.14 bits per heavy atom. The molecule has 22 heavy (non-hydrogen) atoms. The molecule has 2 heterocycles. The van der Waals surface area contributed by atoms with Crippen LogP contribution in [0.3, 0.4) is 0 Å². The van der Waals surface area contributed by atoms with E-state index in [9.17, 15) is 14.3 Å². The molecule has 0 amide bonds. The summed E-state index contributed by atoms with van der Waals surface area (Å²) in [6.07, 6.45) is 6.33. The summed E-state index contributed by atoms with van der Waals surface area (Å²) in [6.45, 7) is 0. The van der Waals surface area contributed by atoms with Gasteiger partial charge in [0.2, 0.25) is 5.88 Å². The number of rotatable bonds is 2. The number of nitrogens with one attached hydrogen (secondary N) is 1. The molecule has 0 fully saturated rings. The van der Waals surface area contributed by atoms with Crippen LogP contribution in [-0.4, -0.2) is 20.9 Å². The molecule has 0 unspecified atom stereocenters. The van der Waals surface area contributed by atoms with E-state index in [0.29, 0.717) is 5.70 Å². The molecule has 110 valence electrons. The summed E-state index contributed by atoms with van der Waals surface area (Å²) < 4.78 is 14.9. The maximum Gasteiger partial charge on any atom is 0.262 e. The quantitative estimate of drug-likeness (QED) is 0.837. The summed E-state index contributed by atoms with van der Waals surface area (Å²) in [5.74, 6) is -1.01. The molecule has 0 saturated heterocycles. The Morgan fingerprint density at radius 1 is 1.36 bits per heavy atom. The Morgan fingerprint density at radius 3 is 2.82 bits per heavy atom. The van der Waals surface area contributed by atoms with E-state index < -0.39 is 17.3 Å². The van der Waals surface area contributed by atoms with E-state index in [1.54, 1.807) is 24.4 Å². The van der Waals surface area contributed by atoms with Crippen molar-refractivity contribution in [3.05, 3.63) is 68.6 Å². The molecule has 2 N–H and O–H groups in total. The van der Waals surface area contributed by atoms with Gasteiger partial charge < -0.3 is 5.11 Å². The summed E-state index contributed by atoms with van der Waals surface area (Å²) in [4.78, 5) is 18.4. The Labute approximate surface area is 129 Å². The number of hydrogen-bond donors (Lipinski definition) is 2. The van der Waals surface area contributed by atoms with Crippen LogP contribution in [0.2, 0.25) is 0 Å². The Kier molecular flexibility index (Phi) is 3.56. The van der Waals surface area contributed by atoms with Crippen molar-refractivity contribution in [1.29, 1.82) is 0 Å². The van der Waals surface area contributed by atoms with Crippen molar-refractivity contribution < 1.29 is 9.50 Å². The first-order valence-corrected chi connectivity index (χ1v) is 6.74. The second-order valence-corrected chi connectivity index (χ2v) is 4.88. The van der Waals surface area contributed by atoms with Crippen LogP contribution in [0.1, 0.15) is 5.56 Å². The Balaban J connectivity index is 2.29. The van der Waals surface area contributed by atoms with Gasteiger partial charge in [-0.15, -0.1) is 0 Å². The molecule has 1 aromatic heterocycles. The molecule has 5 nitrogen and oxygen atoms in total. The van der Waals surface area contributed by atoms with E-state index in [2.05, 4.69) is 9.98 Å². The first-order valence-electron chi connectivity index (χ1n) is 6.33. The second kappa shape index (κ2) is 5.53. The average Bonchev–Trinajstić information content (AvgIpc) is 2.98. The third-order valence-corrected chi connectivity index (χ3v) is 3.37. The monoisotopic (exact) mass is 315 g/mol. The molecular weight excluding hydrogens is 305 g/mol. The zero-order chi connectivity index (χ0) is 15.7. The van der Waals surface area contributed by atoms with Crippen LogP contribution < -0.4 is 5.56 Å². The minimum Gasteiger partial charge on any atom is -0.494 e. The van der Waals surface area contributed by atoms with Gasteiger partial charge in [0.1, 0.15) is 11.4 Å².